The first-order valence-electron chi connectivity index (χ1n) is 6.13. The summed E-state index contributed by atoms with van der Waals surface area (Å²) in [7, 11) is 0. The molecule has 94 valence electrons. The lowest BCUT2D eigenvalue weighted by atomic mass is 10.0. The van der Waals surface area contributed by atoms with Crippen molar-refractivity contribution in [3.63, 3.8) is 0 Å². The third-order valence-corrected chi connectivity index (χ3v) is 4.45. The zero-order valence-corrected chi connectivity index (χ0v) is 11.2. The Labute approximate surface area is 110 Å². The van der Waals surface area contributed by atoms with E-state index >= 15 is 0 Å². The Balaban J connectivity index is 1.94. The molecule has 5 heteroatoms. The molecule has 0 radical (unpaired) electrons. The maximum atomic E-state index is 5.62. The molecule has 3 heterocycles. The van der Waals surface area contributed by atoms with E-state index in [1.165, 1.54) is 10.4 Å². The number of rotatable bonds is 2. The number of nitrogens with two attached hydrogens (primary N) is 1. The highest BCUT2D eigenvalue weighted by Gasteiger charge is 2.25. The van der Waals surface area contributed by atoms with Gasteiger partial charge in [-0.25, -0.2) is 4.98 Å². The van der Waals surface area contributed by atoms with E-state index in [2.05, 4.69) is 33.2 Å². The second-order valence-electron chi connectivity index (χ2n) is 4.49. The predicted octanol–water partition coefficient (Wildman–Crippen LogP) is 2.12. The van der Waals surface area contributed by atoms with E-state index in [-0.39, 0.29) is 0 Å². The van der Waals surface area contributed by atoms with Crippen LogP contribution < -0.4 is 10.6 Å². The van der Waals surface area contributed by atoms with Crippen molar-refractivity contribution < 1.29 is 0 Å². The van der Waals surface area contributed by atoms with E-state index in [1.807, 2.05) is 17.5 Å². The third-order valence-electron chi connectivity index (χ3n) is 3.45. The summed E-state index contributed by atoms with van der Waals surface area (Å²) in [6.45, 7) is 3.66. The van der Waals surface area contributed by atoms with E-state index in [1.54, 1.807) is 6.20 Å². The smallest absolute Gasteiger partial charge is 0.147 e. The molecule has 2 N–H and O–H groups in total. The van der Waals surface area contributed by atoms with Gasteiger partial charge in [0.1, 0.15) is 5.82 Å². The molecule has 0 amide bonds. The van der Waals surface area contributed by atoms with Crippen LogP contribution in [0, 0.1) is 0 Å². The Morgan fingerprint density at radius 3 is 3.22 bits per heavy atom. The Hall–Kier alpha value is -1.46. The molecule has 0 bridgehead atoms. The fraction of sp³-hybridized carbons (Fsp3) is 0.385. The molecule has 3 rings (SSSR count). The fourth-order valence-corrected chi connectivity index (χ4v) is 3.42. The number of hydrogen-bond donors (Lipinski definition) is 1. The van der Waals surface area contributed by atoms with E-state index in [0.29, 0.717) is 12.6 Å². The van der Waals surface area contributed by atoms with Gasteiger partial charge in [0.25, 0.3) is 0 Å². The van der Waals surface area contributed by atoms with Crippen molar-refractivity contribution in [3.05, 3.63) is 40.0 Å². The van der Waals surface area contributed by atoms with Crippen LogP contribution in [0.4, 0.5) is 5.82 Å². The summed E-state index contributed by atoms with van der Waals surface area (Å²) >= 11 is 1.85. The van der Waals surface area contributed by atoms with Crippen LogP contribution in [0.1, 0.15) is 29.1 Å². The standard InChI is InChI=1S/C13H16N4S/c1-9-11-3-5-18-12(11)2-4-17(9)13-8-15-7-10(6-14)16-13/h3,5,7-9H,2,4,6,14H2,1H3. The molecule has 0 fully saturated rings. The summed E-state index contributed by atoms with van der Waals surface area (Å²) in [5.41, 5.74) is 7.89. The second-order valence-corrected chi connectivity index (χ2v) is 5.49. The normalized spacial score (nSPS) is 18.8. The van der Waals surface area contributed by atoms with Gasteiger partial charge in [0, 0.05) is 24.2 Å². The molecule has 4 nitrogen and oxygen atoms in total. The van der Waals surface area contributed by atoms with Crippen molar-refractivity contribution in [2.75, 3.05) is 11.4 Å². The van der Waals surface area contributed by atoms with Gasteiger partial charge >= 0.3 is 0 Å². The monoisotopic (exact) mass is 260 g/mol. The van der Waals surface area contributed by atoms with Crippen molar-refractivity contribution in [1.29, 1.82) is 0 Å². The zero-order chi connectivity index (χ0) is 12.5. The Bertz CT molecular complexity index is 551. The molecule has 0 saturated carbocycles. The van der Waals surface area contributed by atoms with Gasteiger partial charge in [-0.3, -0.25) is 4.98 Å². The van der Waals surface area contributed by atoms with Crippen molar-refractivity contribution in [1.82, 2.24) is 9.97 Å². The van der Waals surface area contributed by atoms with Gasteiger partial charge in [0.2, 0.25) is 0 Å². The van der Waals surface area contributed by atoms with Crippen LogP contribution in [-0.4, -0.2) is 16.5 Å². The molecule has 0 aliphatic carbocycles. The molecule has 0 saturated heterocycles. The summed E-state index contributed by atoms with van der Waals surface area (Å²) in [5.74, 6) is 0.933. The lowest BCUT2D eigenvalue weighted by molar-refractivity contribution is 0.621. The second kappa shape index (κ2) is 4.66. The molecule has 1 aliphatic heterocycles. The molecule has 18 heavy (non-hydrogen) atoms. The van der Waals surface area contributed by atoms with E-state index in [9.17, 15) is 0 Å². The highest BCUT2D eigenvalue weighted by atomic mass is 32.1. The first-order chi connectivity index (χ1) is 8.79. The lowest BCUT2D eigenvalue weighted by Gasteiger charge is -2.34. The Morgan fingerprint density at radius 2 is 2.39 bits per heavy atom. The molecule has 0 spiro atoms. The quantitative estimate of drug-likeness (QED) is 0.898. The minimum atomic E-state index is 0.363. The molecular formula is C13H16N4S. The first kappa shape index (κ1) is 11.6. The van der Waals surface area contributed by atoms with E-state index in [0.717, 1.165) is 24.5 Å². The topological polar surface area (TPSA) is 55.0 Å². The molecular weight excluding hydrogens is 244 g/mol. The zero-order valence-electron chi connectivity index (χ0n) is 10.3. The van der Waals surface area contributed by atoms with Gasteiger partial charge in [0.05, 0.1) is 17.9 Å². The number of nitrogens with zero attached hydrogens (tertiary/aromatic N) is 3. The predicted molar refractivity (Wildman–Crippen MR) is 73.7 cm³/mol. The summed E-state index contributed by atoms with van der Waals surface area (Å²) in [5, 5.41) is 2.17. The highest BCUT2D eigenvalue weighted by Crippen LogP contribution is 2.34. The maximum Gasteiger partial charge on any atom is 0.147 e. The van der Waals surface area contributed by atoms with Gasteiger partial charge in [-0.1, -0.05) is 0 Å². The van der Waals surface area contributed by atoms with Crippen molar-refractivity contribution in [2.45, 2.75) is 25.9 Å². The summed E-state index contributed by atoms with van der Waals surface area (Å²) in [4.78, 5) is 12.6. The molecule has 2 aromatic rings. The minimum absolute atomic E-state index is 0.363. The van der Waals surface area contributed by atoms with Gasteiger partial charge in [-0.2, -0.15) is 0 Å². The number of fused-ring (bicyclic) bond motifs is 1. The van der Waals surface area contributed by atoms with E-state index < -0.39 is 0 Å². The van der Waals surface area contributed by atoms with Crippen LogP contribution in [-0.2, 0) is 13.0 Å². The third kappa shape index (κ3) is 1.89. The Kier molecular flexibility index (Phi) is 3.01. The van der Waals surface area contributed by atoms with Gasteiger partial charge in [-0.15, -0.1) is 11.3 Å². The van der Waals surface area contributed by atoms with Crippen LogP contribution in [0.25, 0.3) is 0 Å². The van der Waals surface area contributed by atoms with E-state index in [4.69, 9.17) is 5.73 Å². The van der Waals surface area contributed by atoms with Crippen LogP contribution in [0.5, 0.6) is 0 Å². The number of thiophene rings is 1. The average Bonchev–Trinajstić information content (AvgIpc) is 2.88. The van der Waals surface area contributed by atoms with Gasteiger partial charge < -0.3 is 10.6 Å². The summed E-state index contributed by atoms with van der Waals surface area (Å²) in [6.07, 6.45) is 4.65. The number of aromatic nitrogens is 2. The largest absolute Gasteiger partial charge is 0.348 e. The fourth-order valence-electron chi connectivity index (χ4n) is 2.45. The Morgan fingerprint density at radius 1 is 1.50 bits per heavy atom. The van der Waals surface area contributed by atoms with Crippen LogP contribution in [0.3, 0.4) is 0 Å². The molecule has 0 aromatic carbocycles. The van der Waals surface area contributed by atoms with Crippen molar-refractivity contribution in [3.8, 4) is 0 Å². The first-order valence-corrected chi connectivity index (χ1v) is 7.01. The molecule has 1 unspecified atom stereocenters. The van der Waals surface area contributed by atoms with Gasteiger partial charge in [-0.05, 0) is 30.4 Å². The SMILES string of the molecule is CC1c2ccsc2CCN1c1cncc(CN)n1. The summed E-state index contributed by atoms with van der Waals surface area (Å²) < 4.78 is 0. The minimum Gasteiger partial charge on any atom is -0.348 e. The molecule has 1 atom stereocenters. The van der Waals surface area contributed by atoms with Crippen molar-refractivity contribution in [2.24, 2.45) is 5.73 Å². The van der Waals surface area contributed by atoms with Gasteiger partial charge in [0.15, 0.2) is 0 Å². The molecule has 2 aromatic heterocycles. The van der Waals surface area contributed by atoms with Crippen LogP contribution in [0.2, 0.25) is 0 Å². The van der Waals surface area contributed by atoms with Crippen LogP contribution in [0.15, 0.2) is 23.8 Å². The summed E-state index contributed by atoms with van der Waals surface area (Å²) in [6, 6.07) is 2.58. The van der Waals surface area contributed by atoms with Crippen LogP contribution >= 0.6 is 11.3 Å². The lowest BCUT2D eigenvalue weighted by Crippen LogP contribution is -2.34. The number of hydrogen-bond acceptors (Lipinski definition) is 5. The maximum absolute atomic E-state index is 5.62. The van der Waals surface area contributed by atoms with Crippen molar-refractivity contribution >= 4 is 17.2 Å². The number of anilines is 1. The molecule has 1 aliphatic rings. The highest BCUT2D eigenvalue weighted by molar-refractivity contribution is 7.10. The average molecular weight is 260 g/mol.